The largest absolute Gasteiger partial charge is 0.317 e. The second-order valence-corrected chi connectivity index (χ2v) is 6.74. The minimum Gasteiger partial charge on any atom is -0.317 e. The van der Waals surface area contributed by atoms with Gasteiger partial charge < -0.3 is 5.32 Å². The maximum absolute atomic E-state index is 11.6. The monoisotopic (exact) mass is 260 g/mol. The summed E-state index contributed by atoms with van der Waals surface area (Å²) in [5.41, 5.74) is 0.147. The predicted octanol–water partition coefficient (Wildman–Crippen LogP) is 1.26. The van der Waals surface area contributed by atoms with E-state index in [4.69, 9.17) is 0 Å². The maximum atomic E-state index is 11.6. The lowest BCUT2D eigenvalue weighted by Gasteiger charge is -2.37. The van der Waals surface area contributed by atoms with Crippen LogP contribution in [0.15, 0.2) is 12.7 Å². The Morgan fingerprint density at radius 3 is 2.59 bits per heavy atom. The normalized spacial score (nSPS) is 20.1. The fourth-order valence-corrected chi connectivity index (χ4v) is 3.43. The van der Waals surface area contributed by atoms with Crippen LogP contribution < -0.4 is 10.0 Å². The van der Waals surface area contributed by atoms with Gasteiger partial charge in [0.2, 0.25) is 10.0 Å². The summed E-state index contributed by atoms with van der Waals surface area (Å²) in [5, 5.41) is 3.33. The maximum Gasteiger partial charge on any atom is 0.215 e. The molecule has 0 aliphatic carbocycles. The van der Waals surface area contributed by atoms with Gasteiger partial charge in [0, 0.05) is 6.54 Å². The van der Waals surface area contributed by atoms with Crippen LogP contribution in [0.1, 0.15) is 32.6 Å². The van der Waals surface area contributed by atoms with Gasteiger partial charge in [-0.05, 0) is 37.8 Å². The number of hydrogen-bond donors (Lipinski definition) is 2. The number of nitrogens with one attached hydrogen (secondary N) is 2. The highest BCUT2D eigenvalue weighted by Gasteiger charge is 2.31. The first-order chi connectivity index (χ1) is 8.04. The van der Waals surface area contributed by atoms with Gasteiger partial charge in [-0.25, -0.2) is 13.1 Å². The Hall–Kier alpha value is -0.390. The van der Waals surface area contributed by atoms with Gasteiger partial charge in [-0.2, -0.15) is 0 Å². The van der Waals surface area contributed by atoms with Crippen LogP contribution in [0.5, 0.6) is 0 Å². The van der Waals surface area contributed by atoms with Crippen molar-refractivity contribution in [3.05, 3.63) is 12.7 Å². The highest BCUT2D eigenvalue weighted by molar-refractivity contribution is 7.89. The molecule has 1 aliphatic heterocycles. The molecule has 0 amide bonds. The van der Waals surface area contributed by atoms with Gasteiger partial charge >= 0.3 is 0 Å². The molecule has 0 atom stereocenters. The Balaban J connectivity index is 2.58. The lowest BCUT2D eigenvalue weighted by molar-refractivity contribution is 0.186. The quantitative estimate of drug-likeness (QED) is 0.678. The second-order valence-electron chi connectivity index (χ2n) is 4.89. The topological polar surface area (TPSA) is 58.2 Å². The van der Waals surface area contributed by atoms with Crippen molar-refractivity contribution in [2.24, 2.45) is 5.41 Å². The molecular formula is C12H24N2O2S. The zero-order valence-electron chi connectivity index (χ0n) is 10.7. The summed E-state index contributed by atoms with van der Waals surface area (Å²) in [6, 6.07) is 0. The van der Waals surface area contributed by atoms with Crippen LogP contribution in [-0.4, -0.2) is 33.8 Å². The van der Waals surface area contributed by atoms with E-state index in [2.05, 4.69) is 23.5 Å². The summed E-state index contributed by atoms with van der Waals surface area (Å²) in [7, 11) is -3.18. The molecule has 0 unspecified atom stereocenters. The van der Waals surface area contributed by atoms with Gasteiger partial charge in [0.25, 0.3) is 0 Å². The van der Waals surface area contributed by atoms with Crippen molar-refractivity contribution in [2.75, 3.05) is 25.4 Å². The summed E-state index contributed by atoms with van der Waals surface area (Å²) in [4.78, 5) is 0. The number of sulfonamides is 1. The van der Waals surface area contributed by atoms with E-state index < -0.39 is 10.0 Å². The van der Waals surface area contributed by atoms with Crippen LogP contribution in [0.2, 0.25) is 0 Å². The van der Waals surface area contributed by atoms with Crippen molar-refractivity contribution in [1.82, 2.24) is 10.0 Å². The molecule has 2 N–H and O–H groups in total. The first kappa shape index (κ1) is 14.7. The highest BCUT2D eigenvalue weighted by atomic mass is 32.2. The molecule has 0 aromatic heterocycles. The van der Waals surface area contributed by atoms with E-state index in [-0.39, 0.29) is 11.2 Å². The zero-order chi connectivity index (χ0) is 12.8. The van der Waals surface area contributed by atoms with Gasteiger partial charge in [0.05, 0.1) is 5.75 Å². The van der Waals surface area contributed by atoms with Gasteiger partial charge in [-0.1, -0.05) is 19.4 Å². The van der Waals surface area contributed by atoms with E-state index in [1.807, 2.05) is 0 Å². The summed E-state index contributed by atoms with van der Waals surface area (Å²) in [6.07, 6.45) is 5.72. The third-order valence-corrected chi connectivity index (χ3v) is 4.71. The summed E-state index contributed by atoms with van der Waals surface area (Å²) >= 11 is 0. The van der Waals surface area contributed by atoms with E-state index in [0.717, 1.165) is 38.8 Å². The molecule has 0 aromatic carbocycles. The standard InChI is InChI=1S/C12H24N2O2S/c1-3-5-12(6-8-13-9-7-12)11-14-17(15,16)10-4-2/h4,13-14H,2-3,5-11H2,1H3. The van der Waals surface area contributed by atoms with Crippen LogP contribution in [-0.2, 0) is 10.0 Å². The number of piperidine rings is 1. The second kappa shape index (κ2) is 6.52. The molecule has 0 saturated carbocycles. The third-order valence-electron chi connectivity index (χ3n) is 3.45. The molecule has 0 spiro atoms. The Kier molecular flexibility index (Phi) is 5.62. The van der Waals surface area contributed by atoms with Gasteiger partial charge in [0.1, 0.15) is 0 Å². The minimum absolute atomic E-state index is 0.00740. The van der Waals surface area contributed by atoms with Gasteiger partial charge in [0.15, 0.2) is 0 Å². The van der Waals surface area contributed by atoms with E-state index in [0.29, 0.717) is 6.54 Å². The van der Waals surface area contributed by atoms with Gasteiger partial charge in [-0.15, -0.1) is 6.58 Å². The Bertz CT molecular complexity index is 327. The predicted molar refractivity (Wildman–Crippen MR) is 71.4 cm³/mol. The molecule has 1 fully saturated rings. The molecule has 0 radical (unpaired) electrons. The fraction of sp³-hybridized carbons (Fsp3) is 0.833. The molecule has 1 aliphatic rings. The van der Waals surface area contributed by atoms with Crippen LogP contribution in [0.3, 0.4) is 0 Å². The first-order valence-corrected chi connectivity index (χ1v) is 7.98. The van der Waals surface area contributed by atoms with E-state index >= 15 is 0 Å². The average molecular weight is 260 g/mol. The van der Waals surface area contributed by atoms with Crippen LogP contribution in [0.4, 0.5) is 0 Å². The van der Waals surface area contributed by atoms with Crippen molar-refractivity contribution in [3.63, 3.8) is 0 Å². The summed E-state index contributed by atoms with van der Waals surface area (Å²) in [5.74, 6) is 0.00740. The molecule has 1 heterocycles. The SMILES string of the molecule is C=CCS(=O)(=O)NCC1(CCC)CCNCC1. The molecule has 5 heteroatoms. The first-order valence-electron chi connectivity index (χ1n) is 6.32. The average Bonchev–Trinajstić information content (AvgIpc) is 2.29. The zero-order valence-corrected chi connectivity index (χ0v) is 11.5. The van der Waals surface area contributed by atoms with Crippen LogP contribution in [0, 0.1) is 5.41 Å². The molecule has 0 aromatic rings. The van der Waals surface area contributed by atoms with Crippen LogP contribution in [0.25, 0.3) is 0 Å². The summed E-state index contributed by atoms with van der Waals surface area (Å²) in [6.45, 7) is 8.17. The fourth-order valence-electron chi connectivity index (χ4n) is 2.48. The van der Waals surface area contributed by atoms with Crippen molar-refractivity contribution in [3.8, 4) is 0 Å². The molecule has 0 bridgehead atoms. The molecule has 4 nitrogen and oxygen atoms in total. The molecule has 17 heavy (non-hydrogen) atoms. The molecule has 1 saturated heterocycles. The lowest BCUT2D eigenvalue weighted by Crippen LogP contribution is -2.45. The number of rotatable bonds is 7. The Morgan fingerprint density at radius 1 is 1.41 bits per heavy atom. The van der Waals surface area contributed by atoms with E-state index in [1.165, 1.54) is 6.08 Å². The molecule has 1 rings (SSSR count). The smallest absolute Gasteiger partial charge is 0.215 e. The summed E-state index contributed by atoms with van der Waals surface area (Å²) < 4.78 is 26.0. The molecule has 100 valence electrons. The Morgan fingerprint density at radius 2 is 2.06 bits per heavy atom. The van der Waals surface area contributed by atoms with Crippen molar-refractivity contribution in [2.45, 2.75) is 32.6 Å². The van der Waals surface area contributed by atoms with Crippen molar-refractivity contribution in [1.29, 1.82) is 0 Å². The molecular weight excluding hydrogens is 236 g/mol. The van der Waals surface area contributed by atoms with Crippen molar-refractivity contribution >= 4 is 10.0 Å². The third kappa shape index (κ3) is 4.77. The highest BCUT2D eigenvalue weighted by Crippen LogP contribution is 2.33. The minimum atomic E-state index is -3.18. The van der Waals surface area contributed by atoms with E-state index in [9.17, 15) is 8.42 Å². The van der Waals surface area contributed by atoms with Gasteiger partial charge in [-0.3, -0.25) is 0 Å². The number of hydrogen-bond acceptors (Lipinski definition) is 3. The lowest BCUT2D eigenvalue weighted by atomic mass is 9.75. The van der Waals surface area contributed by atoms with Crippen molar-refractivity contribution < 1.29 is 8.42 Å². The van der Waals surface area contributed by atoms with E-state index in [1.54, 1.807) is 0 Å². The van der Waals surface area contributed by atoms with Crippen LogP contribution >= 0.6 is 0 Å². The Labute approximate surface area is 105 Å².